The second-order valence-electron chi connectivity index (χ2n) is 6.81. The standard InChI is InChI=1S/C18H29O4P/c1-15(2)11-13-22-23(20,17-9-7-6-8-10-17)18(4,5)12-14-21-16(3)19/h6-10,15H,11-14H2,1-5H3. The van der Waals surface area contributed by atoms with E-state index in [-0.39, 0.29) is 12.6 Å². The summed E-state index contributed by atoms with van der Waals surface area (Å²) in [5.41, 5.74) is 0. The highest BCUT2D eigenvalue weighted by atomic mass is 31.2. The Hall–Kier alpha value is -1.12. The van der Waals surface area contributed by atoms with Crippen LogP contribution in [0.3, 0.4) is 0 Å². The average molecular weight is 340 g/mol. The van der Waals surface area contributed by atoms with Crippen LogP contribution in [0, 0.1) is 5.92 Å². The van der Waals surface area contributed by atoms with Crippen LogP contribution in [0.2, 0.25) is 0 Å². The van der Waals surface area contributed by atoms with E-state index < -0.39 is 12.5 Å². The lowest BCUT2D eigenvalue weighted by atomic mass is 10.1. The maximum Gasteiger partial charge on any atom is 0.302 e. The lowest BCUT2D eigenvalue weighted by Crippen LogP contribution is -2.30. The molecule has 0 N–H and O–H groups in total. The summed E-state index contributed by atoms with van der Waals surface area (Å²) in [6, 6.07) is 9.34. The Morgan fingerprint density at radius 2 is 1.78 bits per heavy atom. The van der Waals surface area contributed by atoms with Gasteiger partial charge in [-0.2, -0.15) is 0 Å². The number of carbonyl (C=O) groups excluding carboxylic acids is 1. The molecule has 0 radical (unpaired) electrons. The van der Waals surface area contributed by atoms with Crippen molar-refractivity contribution < 1.29 is 18.6 Å². The third-order valence-corrected chi connectivity index (χ3v) is 7.22. The van der Waals surface area contributed by atoms with Crippen molar-refractivity contribution in [1.82, 2.24) is 0 Å². The predicted octanol–water partition coefficient (Wildman–Crippen LogP) is 4.38. The summed E-state index contributed by atoms with van der Waals surface area (Å²) >= 11 is 0. The molecule has 0 saturated carbocycles. The van der Waals surface area contributed by atoms with E-state index in [4.69, 9.17) is 9.26 Å². The van der Waals surface area contributed by atoms with E-state index >= 15 is 0 Å². The number of carbonyl (C=O) groups is 1. The van der Waals surface area contributed by atoms with E-state index in [1.807, 2.05) is 44.2 Å². The molecule has 1 unspecified atom stereocenters. The minimum Gasteiger partial charge on any atom is -0.466 e. The average Bonchev–Trinajstić information content (AvgIpc) is 2.46. The van der Waals surface area contributed by atoms with Crippen molar-refractivity contribution >= 4 is 18.6 Å². The first-order chi connectivity index (χ1) is 10.7. The Morgan fingerprint density at radius 3 is 2.30 bits per heavy atom. The molecule has 1 atom stereocenters. The van der Waals surface area contributed by atoms with E-state index in [9.17, 15) is 9.36 Å². The van der Waals surface area contributed by atoms with Crippen LogP contribution in [0.25, 0.3) is 0 Å². The van der Waals surface area contributed by atoms with Crippen molar-refractivity contribution in [3.63, 3.8) is 0 Å². The van der Waals surface area contributed by atoms with Gasteiger partial charge in [0.25, 0.3) is 0 Å². The normalized spacial score (nSPS) is 14.5. The molecule has 0 amide bonds. The van der Waals surface area contributed by atoms with E-state index in [2.05, 4.69) is 13.8 Å². The number of hydrogen-bond donors (Lipinski definition) is 0. The molecule has 0 heterocycles. The molecule has 4 nitrogen and oxygen atoms in total. The maximum absolute atomic E-state index is 13.7. The maximum atomic E-state index is 13.7. The van der Waals surface area contributed by atoms with Gasteiger partial charge in [0, 0.05) is 17.4 Å². The van der Waals surface area contributed by atoms with Gasteiger partial charge in [-0.15, -0.1) is 0 Å². The Labute approximate surface area is 140 Å². The van der Waals surface area contributed by atoms with Gasteiger partial charge < -0.3 is 9.26 Å². The molecule has 1 aromatic rings. The summed E-state index contributed by atoms with van der Waals surface area (Å²) in [6.07, 6.45) is 1.34. The van der Waals surface area contributed by atoms with Crippen molar-refractivity contribution in [1.29, 1.82) is 0 Å². The Morgan fingerprint density at radius 1 is 1.17 bits per heavy atom. The molecule has 0 spiro atoms. The predicted molar refractivity (Wildman–Crippen MR) is 94.4 cm³/mol. The summed E-state index contributed by atoms with van der Waals surface area (Å²) in [7, 11) is -3.08. The van der Waals surface area contributed by atoms with Gasteiger partial charge in [0.2, 0.25) is 7.37 Å². The topological polar surface area (TPSA) is 52.6 Å². The van der Waals surface area contributed by atoms with E-state index in [0.717, 1.165) is 11.7 Å². The van der Waals surface area contributed by atoms with E-state index in [0.29, 0.717) is 18.9 Å². The fourth-order valence-electron chi connectivity index (χ4n) is 2.23. The molecular weight excluding hydrogens is 311 g/mol. The molecule has 5 heteroatoms. The SMILES string of the molecule is CC(=O)OCCC(C)(C)P(=O)(OCCC(C)C)c1ccccc1. The van der Waals surface area contributed by atoms with Gasteiger partial charge in [-0.1, -0.05) is 45.9 Å². The molecule has 0 aliphatic rings. The quantitative estimate of drug-likeness (QED) is 0.494. The fourth-order valence-corrected chi connectivity index (χ4v) is 4.74. The van der Waals surface area contributed by atoms with Crippen LogP contribution in [0.5, 0.6) is 0 Å². The largest absolute Gasteiger partial charge is 0.466 e. The molecular formula is C18H29O4P. The van der Waals surface area contributed by atoms with Crippen LogP contribution in [-0.4, -0.2) is 24.3 Å². The molecule has 0 aliphatic heterocycles. The van der Waals surface area contributed by atoms with Crippen LogP contribution >= 0.6 is 7.37 Å². The van der Waals surface area contributed by atoms with Gasteiger partial charge in [0.05, 0.1) is 13.2 Å². The van der Waals surface area contributed by atoms with Crippen LogP contribution < -0.4 is 5.30 Å². The molecule has 0 aromatic heterocycles. The van der Waals surface area contributed by atoms with Crippen molar-refractivity contribution in [2.75, 3.05) is 13.2 Å². The summed E-state index contributed by atoms with van der Waals surface area (Å²) in [5.74, 6) is 0.166. The van der Waals surface area contributed by atoms with Gasteiger partial charge in [0.1, 0.15) is 0 Å². The fraction of sp³-hybridized carbons (Fsp3) is 0.611. The molecule has 130 valence electrons. The summed E-state index contributed by atoms with van der Waals surface area (Å²) < 4.78 is 24.7. The number of esters is 1. The molecule has 0 fully saturated rings. The van der Waals surface area contributed by atoms with Crippen LogP contribution in [0.4, 0.5) is 0 Å². The monoisotopic (exact) mass is 340 g/mol. The zero-order valence-corrected chi connectivity index (χ0v) is 15.8. The Bertz CT molecular complexity index is 537. The molecule has 0 saturated heterocycles. The Kier molecular flexibility index (Phi) is 7.50. The minimum absolute atomic E-state index is 0.243. The highest BCUT2D eigenvalue weighted by molar-refractivity contribution is 7.68. The number of benzene rings is 1. The second-order valence-corrected chi connectivity index (χ2v) is 9.89. The van der Waals surface area contributed by atoms with Gasteiger partial charge in [-0.3, -0.25) is 9.36 Å². The first kappa shape index (κ1) is 19.9. The summed E-state index contributed by atoms with van der Waals surface area (Å²) in [6.45, 7) is 10.1. The van der Waals surface area contributed by atoms with Crippen molar-refractivity contribution in [3.8, 4) is 0 Å². The van der Waals surface area contributed by atoms with Gasteiger partial charge >= 0.3 is 5.97 Å². The summed E-state index contributed by atoms with van der Waals surface area (Å²) in [5, 5.41) is 0.109. The number of rotatable bonds is 9. The van der Waals surface area contributed by atoms with E-state index in [1.165, 1.54) is 6.92 Å². The third-order valence-electron chi connectivity index (χ3n) is 3.88. The van der Waals surface area contributed by atoms with Crippen molar-refractivity contribution in [3.05, 3.63) is 30.3 Å². The molecule has 0 aliphatic carbocycles. The highest BCUT2D eigenvalue weighted by Crippen LogP contribution is 2.59. The summed E-state index contributed by atoms with van der Waals surface area (Å²) in [4.78, 5) is 11.0. The van der Waals surface area contributed by atoms with Gasteiger partial charge in [-0.25, -0.2) is 0 Å². The first-order valence-corrected chi connectivity index (χ1v) is 9.75. The zero-order chi connectivity index (χ0) is 17.5. The van der Waals surface area contributed by atoms with Crippen LogP contribution in [-0.2, 0) is 18.6 Å². The van der Waals surface area contributed by atoms with Gasteiger partial charge in [0.15, 0.2) is 0 Å². The Balaban J connectivity index is 2.98. The third kappa shape index (κ3) is 5.78. The van der Waals surface area contributed by atoms with Crippen molar-refractivity contribution in [2.45, 2.75) is 52.6 Å². The molecule has 1 rings (SSSR count). The lowest BCUT2D eigenvalue weighted by molar-refractivity contribution is -0.141. The number of hydrogen-bond acceptors (Lipinski definition) is 4. The smallest absolute Gasteiger partial charge is 0.302 e. The lowest BCUT2D eigenvalue weighted by Gasteiger charge is -2.34. The highest BCUT2D eigenvalue weighted by Gasteiger charge is 2.43. The van der Waals surface area contributed by atoms with Gasteiger partial charge in [-0.05, 0) is 30.9 Å². The van der Waals surface area contributed by atoms with Crippen LogP contribution in [0.1, 0.15) is 47.5 Å². The molecule has 23 heavy (non-hydrogen) atoms. The zero-order valence-electron chi connectivity index (χ0n) is 14.9. The second kappa shape index (κ2) is 8.65. The first-order valence-electron chi connectivity index (χ1n) is 8.13. The molecule has 0 bridgehead atoms. The molecule has 1 aromatic carbocycles. The van der Waals surface area contributed by atoms with Crippen LogP contribution in [0.15, 0.2) is 30.3 Å². The van der Waals surface area contributed by atoms with E-state index in [1.54, 1.807) is 0 Å². The minimum atomic E-state index is -3.08. The number of ether oxygens (including phenoxy) is 1. The van der Waals surface area contributed by atoms with Crippen molar-refractivity contribution in [2.24, 2.45) is 5.92 Å².